The molecular formula is C12H16N4O3S. The van der Waals surface area contributed by atoms with Gasteiger partial charge >= 0.3 is 5.82 Å². The van der Waals surface area contributed by atoms with Crippen LogP contribution in [-0.4, -0.2) is 39.1 Å². The molecule has 3 heterocycles. The predicted molar refractivity (Wildman–Crippen MR) is 76.6 cm³/mol. The maximum atomic E-state index is 11.4. The largest absolute Gasteiger partial charge is 0.373 e. The average Bonchev–Trinajstić information content (AvgIpc) is 2.83. The molecule has 0 amide bonds. The van der Waals surface area contributed by atoms with Crippen molar-refractivity contribution < 1.29 is 9.66 Å². The van der Waals surface area contributed by atoms with Gasteiger partial charge in [-0.3, -0.25) is 0 Å². The molecule has 2 aromatic rings. The summed E-state index contributed by atoms with van der Waals surface area (Å²) in [5.41, 5.74) is -0.345. The third-order valence-corrected chi connectivity index (χ3v) is 4.02. The zero-order valence-corrected chi connectivity index (χ0v) is 12.4. The van der Waals surface area contributed by atoms with Crippen LogP contribution in [0.4, 0.5) is 11.6 Å². The van der Waals surface area contributed by atoms with Gasteiger partial charge in [-0.1, -0.05) is 11.3 Å². The summed E-state index contributed by atoms with van der Waals surface area (Å²) in [6.45, 7) is 7.14. The molecule has 0 aromatic carbocycles. The number of rotatable bonds is 2. The molecule has 20 heavy (non-hydrogen) atoms. The fourth-order valence-corrected chi connectivity index (χ4v) is 3.46. The van der Waals surface area contributed by atoms with E-state index in [-0.39, 0.29) is 22.4 Å². The van der Waals surface area contributed by atoms with E-state index in [0.717, 1.165) is 0 Å². The van der Waals surface area contributed by atoms with Crippen molar-refractivity contribution in [3.05, 3.63) is 21.7 Å². The quantitative estimate of drug-likeness (QED) is 0.628. The fourth-order valence-electron chi connectivity index (χ4n) is 2.76. The molecule has 1 saturated heterocycles. The summed E-state index contributed by atoms with van der Waals surface area (Å²) in [6.07, 6.45) is 1.70. The Morgan fingerprint density at radius 3 is 3.00 bits per heavy atom. The van der Waals surface area contributed by atoms with Gasteiger partial charge in [0, 0.05) is 18.5 Å². The standard InChI is InChI=1S/C12H16N4O3S/c1-8-6-14(7-12(2,3)19-8)9-10(16(17)18)15-4-5-20-11(15)13-9/h4-5,8H,6-7H2,1-3H3. The summed E-state index contributed by atoms with van der Waals surface area (Å²) in [5.74, 6) is 0.469. The lowest BCUT2D eigenvalue weighted by molar-refractivity contribution is -0.389. The summed E-state index contributed by atoms with van der Waals surface area (Å²) in [4.78, 5) is 18.0. The first kappa shape index (κ1) is 13.3. The van der Waals surface area contributed by atoms with Crippen LogP contribution < -0.4 is 4.90 Å². The van der Waals surface area contributed by atoms with Crippen molar-refractivity contribution in [2.45, 2.75) is 32.5 Å². The topological polar surface area (TPSA) is 72.9 Å². The van der Waals surface area contributed by atoms with Crippen molar-refractivity contribution in [1.29, 1.82) is 0 Å². The van der Waals surface area contributed by atoms with E-state index in [1.807, 2.05) is 25.7 Å². The van der Waals surface area contributed by atoms with Crippen molar-refractivity contribution in [2.75, 3.05) is 18.0 Å². The normalized spacial score (nSPS) is 22.4. The molecule has 0 N–H and O–H groups in total. The van der Waals surface area contributed by atoms with E-state index in [4.69, 9.17) is 4.74 Å². The maximum absolute atomic E-state index is 11.4. The minimum atomic E-state index is -0.366. The summed E-state index contributed by atoms with van der Waals surface area (Å²) in [6, 6.07) is 0. The summed E-state index contributed by atoms with van der Waals surface area (Å²) >= 11 is 1.39. The predicted octanol–water partition coefficient (Wildman–Crippen LogP) is 2.31. The summed E-state index contributed by atoms with van der Waals surface area (Å²) in [7, 11) is 0. The lowest BCUT2D eigenvalue weighted by Crippen LogP contribution is -2.52. The number of anilines is 1. The van der Waals surface area contributed by atoms with Crippen LogP contribution in [0.2, 0.25) is 0 Å². The van der Waals surface area contributed by atoms with Gasteiger partial charge < -0.3 is 19.8 Å². The Labute approximate surface area is 119 Å². The minimum Gasteiger partial charge on any atom is -0.369 e. The average molecular weight is 296 g/mol. The first-order chi connectivity index (χ1) is 9.37. The molecule has 2 aromatic heterocycles. The number of nitro groups is 1. The number of thiazole rings is 1. The van der Waals surface area contributed by atoms with Gasteiger partial charge in [0.1, 0.15) is 6.20 Å². The van der Waals surface area contributed by atoms with E-state index >= 15 is 0 Å². The first-order valence-corrected chi connectivity index (χ1v) is 7.28. The number of ether oxygens (including phenoxy) is 1. The van der Waals surface area contributed by atoms with E-state index in [1.165, 1.54) is 15.7 Å². The van der Waals surface area contributed by atoms with E-state index in [1.54, 1.807) is 11.6 Å². The molecule has 3 rings (SSSR count). The fraction of sp³-hybridized carbons (Fsp3) is 0.583. The molecule has 0 aliphatic carbocycles. The van der Waals surface area contributed by atoms with Gasteiger partial charge in [-0.05, 0) is 25.7 Å². The highest BCUT2D eigenvalue weighted by Crippen LogP contribution is 2.34. The van der Waals surface area contributed by atoms with Crippen molar-refractivity contribution in [2.24, 2.45) is 0 Å². The second-order valence-electron chi connectivity index (χ2n) is 5.64. The highest BCUT2D eigenvalue weighted by atomic mass is 32.1. The van der Waals surface area contributed by atoms with Crippen LogP contribution >= 0.6 is 11.3 Å². The van der Waals surface area contributed by atoms with Gasteiger partial charge in [-0.15, -0.1) is 0 Å². The number of morpholine rings is 1. The Bertz CT molecular complexity index is 663. The Morgan fingerprint density at radius 2 is 2.35 bits per heavy atom. The van der Waals surface area contributed by atoms with E-state index in [0.29, 0.717) is 23.9 Å². The van der Waals surface area contributed by atoms with Crippen molar-refractivity contribution in [3.63, 3.8) is 0 Å². The number of fused-ring (bicyclic) bond motifs is 1. The molecule has 108 valence electrons. The van der Waals surface area contributed by atoms with Gasteiger partial charge in [0.15, 0.2) is 0 Å². The third kappa shape index (κ3) is 2.14. The number of imidazole rings is 1. The molecule has 1 unspecified atom stereocenters. The lowest BCUT2D eigenvalue weighted by Gasteiger charge is -2.41. The van der Waals surface area contributed by atoms with Crippen molar-refractivity contribution in [3.8, 4) is 0 Å². The molecule has 1 fully saturated rings. The molecule has 1 atom stereocenters. The molecule has 8 heteroatoms. The van der Waals surface area contributed by atoms with Crippen LogP contribution in [0.15, 0.2) is 11.6 Å². The molecule has 0 bridgehead atoms. The van der Waals surface area contributed by atoms with Crippen LogP contribution in [0.5, 0.6) is 0 Å². The van der Waals surface area contributed by atoms with E-state index < -0.39 is 0 Å². The van der Waals surface area contributed by atoms with Gasteiger partial charge in [-0.2, -0.15) is 9.38 Å². The number of hydrogen-bond acceptors (Lipinski definition) is 6. The molecule has 0 radical (unpaired) electrons. The molecule has 0 spiro atoms. The Kier molecular flexibility index (Phi) is 2.94. The monoisotopic (exact) mass is 296 g/mol. The number of hydrogen-bond donors (Lipinski definition) is 0. The van der Waals surface area contributed by atoms with E-state index in [2.05, 4.69) is 4.98 Å². The van der Waals surface area contributed by atoms with Crippen LogP contribution in [0.1, 0.15) is 20.8 Å². The van der Waals surface area contributed by atoms with Crippen LogP contribution in [0, 0.1) is 10.1 Å². The van der Waals surface area contributed by atoms with E-state index in [9.17, 15) is 10.1 Å². The molecule has 1 aliphatic rings. The van der Waals surface area contributed by atoms with Gasteiger partial charge in [0.25, 0.3) is 4.96 Å². The third-order valence-electron chi connectivity index (χ3n) is 3.26. The Balaban J connectivity index is 2.07. The lowest BCUT2D eigenvalue weighted by atomic mass is 10.1. The zero-order valence-electron chi connectivity index (χ0n) is 11.6. The second kappa shape index (κ2) is 4.42. The molecule has 7 nitrogen and oxygen atoms in total. The second-order valence-corrected chi connectivity index (χ2v) is 6.51. The smallest absolute Gasteiger partial charge is 0.369 e. The van der Waals surface area contributed by atoms with Gasteiger partial charge in [-0.25, -0.2) is 0 Å². The highest BCUT2D eigenvalue weighted by Gasteiger charge is 2.36. The molecular weight excluding hydrogens is 280 g/mol. The highest BCUT2D eigenvalue weighted by molar-refractivity contribution is 7.15. The summed E-state index contributed by atoms with van der Waals surface area (Å²) in [5, 5.41) is 13.2. The minimum absolute atomic E-state index is 0.0121. The first-order valence-electron chi connectivity index (χ1n) is 6.40. The SMILES string of the molecule is CC1CN(c2nc3sccn3c2[N+](=O)[O-])CC(C)(C)O1. The van der Waals surface area contributed by atoms with Crippen LogP contribution in [0.3, 0.4) is 0 Å². The van der Waals surface area contributed by atoms with Gasteiger partial charge in [0.2, 0.25) is 5.82 Å². The Morgan fingerprint density at radius 1 is 1.60 bits per heavy atom. The summed E-state index contributed by atoms with van der Waals surface area (Å²) < 4.78 is 7.37. The van der Waals surface area contributed by atoms with Crippen molar-refractivity contribution in [1.82, 2.24) is 9.38 Å². The van der Waals surface area contributed by atoms with Crippen LogP contribution in [0.25, 0.3) is 4.96 Å². The molecule has 1 aliphatic heterocycles. The number of nitrogens with zero attached hydrogens (tertiary/aromatic N) is 4. The number of aromatic nitrogens is 2. The zero-order chi connectivity index (χ0) is 14.5. The van der Waals surface area contributed by atoms with Crippen molar-refractivity contribution >= 4 is 27.9 Å². The maximum Gasteiger partial charge on any atom is 0.373 e. The van der Waals surface area contributed by atoms with Gasteiger partial charge in [0.05, 0.1) is 11.7 Å². The Hall–Kier alpha value is -1.67. The molecule has 0 saturated carbocycles. The van der Waals surface area contributed by atoms with Crippen LogP contribution in [-0.2, 0) is 4.74 Å².